The van der Waals surface area contributed by atoms with Gasteiger partial charge in [-0.3, -0.25) is 0 Å². The van der Waals surface area contributed by atoms with Crippen LogP contribution in [0.25, 0.3) is 17.2 Å². The highest BCUT2D eigenvalue weighted by Crippen LogP contribution is 2.31. The van der Waals surface area contributed by atoms with E-state index in [4.69, 9.17) is 0 Å². The first-order valence-corrected chi connectivity index (χ1v) is 8.17. The Labute approximate surface area is 146 Å². The van der Waals surface area contributed by atoms with Gasteiger partial charge in [0.15, 0.2) is 0 Å². The summed E-state index contributed by atoms with van der Waals surface area (Å²) in [6, 6.07) is 11.5. The smallest absolute Gasteiger partial charge is 0.166 e. The highest BCUT2D eigenvalue weighted by Gasteiger charge is 2.29. The quantitative estimate of drug-likeness (QED) is 0.562. The van der Waals surface area contributed by atoms with Crippen LogP contribution in [-0.2, 0) is 12.6 Å². The van der Waals surface area contributed by atoms with Crippen LogP contribution < -0.4 is 0 Å². The number of hydrogen-bond acceptors (Lipinski definition) is 0. The molecule has 0 spiro atoms. The number of benzene rings is 2. The predicted octanol–water partition coefficient (Wildman–Crippen LogP) is 6.78. The third-order valence-electron chi connectivity index (χ3n) is 4.54. The molecule has 1 aliphatic carbocycles. The van der Waals surface area contributed by atoms with Gasteiger partial charge in [0.05, 0.1) is 5.56 Å². The first kappa shape index (κ1) is 17.3. The van der Waals surface area contributed by atoms with Crippen LogP contribution in [-0.4, -0.2) is 0 Å². The SMILES string of the molecule is C=C(CCC(=C)c1ccc2c(c1)C=CC2)c1ccc(C(F)(F)F)cc1. The minimum Gasteiger partial charge on any atom is -0.166 e. The van der Waals surface area contributed by atoms with Gasteiger partial charge in [-0.15, -0.1) is 0 Å². The van der Waals surface area contributed by atoms with Crippen molar-refractivity contribution >= 4 is 17.2 Å². The number of allylic oxidation sites excluding steroid dienone is 3. The highest BCUT2D eigenvalue weighted by atomic mass is 19.4. The Morgan fingerprint density at radius 3 is 2.12 bits per heavy atom. The second-order valence-electron chi connectivity index (χ2n) is 6.30. The van der Waals surface area contributed by atoms with Crippen LogP contribution in [0.4, 0.5) is 13.2 Å². The summed E-state index contributed by atoms with van der Waals surface area (Å²) in [5.41, 5.74) is 5.58. The van der Waals surface area contributed by atoms with Gasteiger partial charge >= 0.3 is 6.18 Å². The van der Waals surface area contributed by atoms with Gasteiger partial charge in [0.25, 0.3) is 0 Å². The Hall–Kier alpha value is -2.55. The molecule has 3 rings (SSSR count). The Morgan fingerprint density at radius 1 is 0.880 bits per heavy atom. The van der Waals surface area contributed by atoms with Gasteiger partial charge in [0.2, 0.25) is 0 Å². The summed E-state index contributed by atoms with van der Waals surface area (Å²) in [6.07, 6.45) is 2.32. The van der Waals surface area contributed by atoms with E-state index >= 15 is 0 Å². The third-order valence-corrected chi connectivity index (χ3v) is 4.54. The molecule has 0 saturated carbocycles. The normalized spacial score (nSPS) is 12.9. The Kier molecular flexibility index (Phi) is 4.67. The number of hydrogen-bond donors (Lipinski definition) is 0. The molecular formula is C22H19F3. The lowest BCUT2D eigenvalue weighted by atomic mass is 9.95. The Balaban J connectivity index is 1.62. The summed E-state index contributed by atoms with van der Waals surface area (Å²) in [5.74, 6) is 0. The largest absolute Gasteiger partial charge is 0.416 e. The number of fused-ring (bicyclic) bond motifs is 1. The van der Waals surface area contributed by atoms with E-state index in [1.807, 2.05) is 0 Å². The van der Waals surface area contributed by atoms with Crippen molar-refractivity contribution in [2.45, 2.75) is 25.4 Å². The maximum atomic E-state index is 12.6. The average molecular weight is 340 g/mol. The summed E-state index contributed by atoms with van der Waals surface area (Å²) in [4.78, 5) is 0. The molecule has 25 heavy (non-hydrogen) atoms. The molecule has 2 aromatic carbocycles. The van der Waals surface area contributed by atoms with Crippen molar-refractivity contribution in [1.82, 2.24) is 0 Å². The van der Waals surface area contributed by atoms with Gasteiger partial charge in [0.1, 0.15) is 0 Å². The van der Waals surface area contributed by atoms with Crippen LogP contribution in [0, 0.1) is 0 Å². The van der Waals surface area contributed by atoms with Gasteiger partial charge in [-0.05, 0) is 70.9 Å². The first-order chi connectivity index (χ1) is 11.8. The fraction of sp³-hybridized carbons (Fsp3) is 0.182. The second-order valence-corrected chi connectivity index (χ2v) is 6.30. The van der Waals surface area contributed by atoms with Crippen molar-refractivity contribution in [2.24, 2.45) is 0 Å². The number of rotatable bonds is 5. The lowest BCUT2D eigenvalue weighted by molar-refractivity contribution is -0.137. The minimum atomic E-state index is -4.31. The lowest BCUT2D eigenvalue weighted by Crippen LogP contribution is -2.04. The molecule has 2 aromatic rings. The number of halogens is 3. The van der Waals surface area contributed by atoms with Gasteiger partial charge < -0.3 is 0 Å². The molecule has 0 amide bonds. The summed E-state index contributed by atoms with van der Waals surface area (Å²) in [5, 5.41) is 0. The predicted molar refractivity (Wildman–Crippen MR) is 97.9 cm³/mol. The average Bonchev–Trinajstić information content (AvgIpc) is 3.06. The zero-order valence-corrected chi connectivity index (χ0v) is 13.9. The molecule has 0 aliphatic heterocycles. The summed E-state index contributed by atoms with van der Waals surface area (Å²) in [7, 11) is 0. The van der Waals surface area contributed by atoms with Crippen LogP contribution in [0.5, 0.6) is 0 Å². The summed E-state index contributed by atoms with van der Waals surface area (Å²) in [6.45, 7) is 8.16. The zero-order chi connectivity index (χ0) is 18.0. The lowest BCUT2D eigenvalue weighted by Gasteiger charge is -2.11. The Bertz CT molecular complexity index is 837. The molecule has 128 valence electrons. The molecule has 0 saturated heterocycles. The fourth-order valence-corrected chi connectivity index (χ4v) is 2.95. The molecule has 1 aliphatic rings. The van der Waals surface area contributed by atoms with E-state index in [-0.39, 0.29) is 0 Å². The van der Waals surface area contributed by atoms with Crippen LogP contribution in [0.3, 0.4) is 0 Å². The topological polar surface area (TPSA) is 0 Å². The molecule has 0 radical (unpaired) electrons. The minimum absolute atomic E-state index is 0.639. The monoisotopic (exact) mass is 340 g/mol. The van der Waals surface area contributed by atoms with E-state index in [1.54, 1.807) is 0 Å². The summed E-state index contributed by atoms with van der Waals surface area (Å²) >= 11 is 0. The molecule has 0 fully saturated rings. The van der Waals surface area contributed by atoms with Crippen molar-refractivity contribution in [1.29, 1.82) is 0 Å². The van der Waals surface area contributed by atoms with Crippen molar-refractivity contribution in [3.05, 3.63) is 89.5 Å². The molecular weight excluding hydrogens is 321 g/mol. The van der Waals surface area contributed by atoms with Gasteiger partial charge in [-0.1, -0.05) is 49.6 Å². The molecule has 0 bridgehead atoms. The van der Waals surface area contributed by atoms with E-state index < -0.39 is 11.7 Å². The van der Waals surface area contributed by atoms with Crippen LogP contribution >= 0.6 is 0 Å². The molecule has 0 atom stereocenters. The van der Waals surface area contributed by atoms with Gasteiger partial charge in [-0.25, -0.2) is 0 Å². The second kappa shape index (κ2) is 6.75. The highest BCUT2D eigenvalue weighted by molar-refractivity contribution is 5.72. The van der Waals surface area contributed by atoms with Crippen molar-refractivity contribution < 1.29 is 13.2 Å². The summed E-state index contributed by atoms with van der Waals surface area (Å²) < 4.78 is 37.9. The molecule has 0 nitrogen and oxygen atoms in total. The van der Waals surface area contributed by atoms with E-state index in [0.29, 0.717) is 6.42 Å². The Morgan fingerprint density at radius 2 is 1.48 bits per heavy atom. The van der Waals surface area contributed by atoms with Crippen LogP contribution in [0.2, 0.25) is 0 Å². The van der Waals surface area contributed by atoms with E-state index in [0.717, 1.165) is 47.2 Å². The zero-order valence-electron chi connectivity index (χ0n) is 13.9. The molecule has 0 heterocycles. The van der Waals surface area contributed by atoms with Crippen molar-refractivity contribution in [3.63, 3.8) is 0 Å². The van der Waals surface area contributed by atoms with Crippen molar-refractivity contribution in [2.75, 3.05) is 0 Å². The number of alkyl halides is 3. The van der Waals surface area contributed by atoms with E-state index in [9.17, 15) is 13.2 Å². The third kappa shape index (κ3) is 3.93. The van der Waals surface area contributed by atoms with E-state index in [2.05, 4.69) is 43.5 Å². The molecule has 0 aromatic heterocycles. The molecule has 3 heteroatoms. The maximum absolute atomic E-state index is 12.6. The standard InChI is InChI=1S/C22H19F3/c1-15(17-10-12-21(13-11-17)22(23,24)25)6-7-16(2)19-9-8-18-4-3-5-20(18)14-19/h3,5,8-14H,1-2,4,6-7H2. The van der Waals surface area contributed by atoms with Gasteiger partial charge in [0, 0.05) is 0 Å². The fourth-order valence-electron chi connectivity index (χ4n) is 2.95. The molecule has 0 N–H and O–H groups in total. The van der Waals surface area contributed by atoms with Crippen LogP contribution in [0.1, 0.15) is 40.7 Å². The van der Waals surface area contributed by atoms with E-state index in [1.165, 1.54) is 23.3 Å². The van der Waals surface area contributed by atoms with Crippen molar-refractivity contribution in [3.8, 4) is 0 Å². The first-order valence-electron chi connectivity index (χ1n) is 8.17. The van der Waals surface area contributed by atoms with Crippen LogP contribution in [0.15, 0.2) is 61.7 Å². The van der Waals surface area contributed by atoms with Gasteiger partial charge in [-0.2, -0.15) is 13.2 Å². The molecule has 0 unspecified atom stereocenters. The maximum Gasteiger partial charge on any atom is 0.416 e.